The molecule has 2 heterocycles. The maximum absolute atomic E-state index is 4.54. The summed E-state index contributed by atoms with van der Waals surface area (Å²) in [4.78, 5) is 11.4. The van der Waals surface area contributed by atoms with Crippen LogP contribution in [0.2, 0.25) is 0 Å². The van der Waals surface area contributed by atoms with Crippen LogP contribution in [-0.2, 0) is 6.42 Å². The minimum absolute atomic E-state index is 0.867. The highest BCUT2D eigenvalue weighted by Gasteiger charge is 2.09. The van der Waals surface area contributed by atoms with E-state index in [9.17, 15) is 0 Å². The van der Waals surface area contributed by atoms with Crippen LogP contribution in [0.15, 0.2) is 10.7 Å². The third-order valence-corrected chi connectivity index (χ3v) is 3.80. The van der Waals surface area contributed by atoms with Crippen molar-refractivity contribution in [3.05, 3.63) is 16.5 Å². The molecule has 0 radical (unpaired) electrons. The molecule has 0 aromatic carbocycles. The number of nitrogens with one attached hydrogen (secondary N) is 1. The third kappa shape index (κ3) is 5.07. The minimum atomic E-state index is 0.867. The van der Waals surface area contributed by atoms with Crippen molar-refractivity contribution >= 4 is 21.7 Å². The first-order chi connectivity index (χ1) is 9.28. The van der Waals surface area contributed by atoms with Gasteiger partial charge in [0.1, 0.15) is 16.2 Å². The lowest BCUT2D eigenvalue weighted by Gasteiger charge is -2.26. The Bertz CT molecular complexity index is 391. The molecule has 1 N–H and O–H groups in total. The SMILES string of the molecule is CCCc1nc(Br)cc(NCCN2CCCCC2)n1. The van der Waals surface area contributed by atoms with Gasteiger partial charge < -0.3 is 10.2 Å². The zero-order chi connectivity index (χ0) is 13.5. The molecule has 0 spiro atoms. The summed E-state index contributed by atoms with van der Waals surface area (Å²) in [6.45, 7) is 6.69. The predicted molar refractivity (Wildman–Crippen MR) is 82.5 cm³/mol. The number of hydrogen-bond donors (Lipinski definition) is 1. The summed E-state index contributed by atoms with van der Waals surface area (Å²) < 4.78 is 0.867. The molecule has 2 rings (SSSR count). The van der Waals surface area contributed by atoms with Gasteiger partial charge in [0.15, 0.2) is 0 Å². The van der Waals surface area contributed by atoms with Gasteiger partial charge in [0.2, 0.25) is 0 Å². The lowest BCUT2D eigenvalue weighted by atomic mass is 10.1. The highest BCUT2D eigenvalue weighted by atomic mass is 79.9. The Morgan fingerprint density at radius 3 is 2.79 bits per heavy atom. The minimum Gasteiger partial charge on any atom is -0.369 e. The van der Waals surface area contributed by atoms with Crippen molar-refractivity contribution in [3.8, 4) is 0 Å². The van der Waals surface area contributed by atoms with Crippen LogP contribution in [0.3, 0.4) is 0 Å². The smallest absolute Gasteiger partial charge is 0.132 e. The Morgan fingerprint density at radius 2 is 2.05 bits per heavy atom. The number of piperidine rings is 1. The number of rotatable bonds is 6. The highest BCUT2D eigenvalue weighted by molar-refractivity contribution is 9.10. The van der Waals surface area contributed by atoms with E-state index in [2.05, 4.69) is 43.0 Å². The van der Waals surface area contributed by atoms with Gasteiger partial charge in [-0.2, -0.15) is 0 Å². The number of aryl methyl sites for hydroxylation is 1. The average molecular weight is 327 g/mol. The molecule has 1 aromatic heterocycles. The van der Waals surface area contributed by atoms with E-state index >= 15 is 0 Å². The number of nitrogens with zero attached hydrogens (tertiary/aromatic N) is 3. The van der Waals surface area contributed by atoms with Crippen LogP contribution >= 0.6 is 15.9 Å². The first-order valence-corrected chi connectivity index (χ1v) is 8.07. The van der Waals surface area contributed by atoms with Gasteiger partial charge in [0, 0.05) is 25.6 Å². The largest absolute Gasteiger partial charge is 0.369 e. The van der Waals surface area contributed by atoms with E-state index in [0.717, 1.165) is 42.2 Å². The summed E-state index contributed by atoms with van der Waals surface area (Å²) >= 11 is 3.45. The molecule has 0 bridgehead atoms. The summed E-state index contributed by atoms with van der Waals surface area (Å²) in [6, 6.07) is 1.95. The van der Waals surface area contributed by atoms with Crippen LogP contribution in [0.4, 0.5) is 5.82 Å². The Balaban J connectivity index is 1.81. The molecule has 1 fully saturated rings. The van der Waals surface area contributed by atoms with Crippen LogP contribution in [0.25, 0.3) is 0 Å². The van der Waals surface area contributed by atoms with Gasteiger partial charge in [0.25, 0.3) is 0 Å². The van der Waals surface area contributed by atoms with Crippen molar-refractivity contribution in [2.75, 3.05) is 31.5 Å². The Morgan fingerprint density at radius 1 is 1.26 bits per heavy atom. The number of likely N-dealkylation sites (tertiary alicyclic amines) is 1. The third-order valence-electron chi connectivity index (χ3n) is 3.40. The molecular weight excluding hydrogens is 304 g/mol. The number of anilines is 1. The van der Waals surface area contributed by atoms with Crippen LogP contribution < -0.4 is 5.32 Å². The van der Waals surface area contributed by atoms with Gasteiger partial charge in [0.05, 0.1) is 0 Å². The van der Waals surface area contributed by atoms with E-state index in [-0.39, 0.29) is 0 Å². The quantitative estimate of drug-likeness (QED) is 0.815. The number of hydrogen-bond acceptors (Lipinski definition) is 4. The van der Waals surface area contributed by atoms with Crippen LogP contribution in [0.5, 0.6) is 0 Å². The maximum atomic E-state index is 4.54. The molecule has 1 saturated heterocycles. The average Bonchev–Trinajstić information content (AvgIpc) is 2.40. The van der Waals surface area contributed by atoms with Gasteiger partial charge in [-0.05, 0) is 48.3 Å². The predicted octanol–water partition coefficient (Wildman–Crippen LogP) is 3.09. The van der Waals surface area contributed by atoms with Crippen molar-refractivity contribution in [1.82, 2.24) is 14.9 Å². The second-order valence-corrected chi connectivity index (χ2v) is 5.88. The van der Waals surface area contributed by atoms with E-state index in [1.165, 1.54) is 32.4 Å². The molecule has 4 nitrogen and oxygen atoms in total. The van der Waals surface area contributed by atoms with E-state index in [0.29, 0.717) is 0 Å². The van der Waals surface area contributed by atoms with Crippen molar-refractivity contribution in [1.29, 1.82) is 0 Å². The normalized spacial score (nSPS) is 16.5. The van der Waals surface area contributed by atoms with Crippen LogP contribution in [0.1, 0.15) is 38.4 Å². The van der Waals surface area contributed by atoms with Gasteiger partial charge in [-0.25, -0.2) is 9.97 Å². The second-order valence-electron chi connectivity index (χ2n) is 5.07. The van der Waals surface area contributed by atoms with Crippen molar-refractivity contribution in [3.63, 3.8) is 0 Å². The van der Waals surface area contributed by atoms with E-state index < -0.39 is 0 Å². The molecule has 106 valence electrons. The lowest BCUT2D eigenvalue weighted by molar-refractivity contribution is 0.237. The monoisotopic (exact) mass is 326 g/mol. The van der Waals surface area contributed by atoms with E-state index in [1.807, 2.05) is 6.07 Å². The summed E-state index contributed by atoms with van der Waals surface area (Å²) in [5, 5.41) is 3.41. The summed E-state index contributed by atoms with van der Waals surface area (Å²) in [5.41, 5.74) is 0. The molecular formula is C14H23BrN4. The molecule has 1 aromatic rings. The Kier molecular flexibility index (Phi) is 6.04. The fourth-order valence-electron chi connectivity index (χ4n) is 2.42. The van der Waals surface area contributed by atoms with Gasteiger partial charge >= 0.3 is 0 Å². The van der Waals surface area contributed by atoms with Gasteiger partial charge in [-0.3, -0.25) is 0 Å². The zero-order valence-corrected chi connectivity index (χ0v) is 13.2. The fraction of sp³-hybridized carbons (Fsp3) is 0.714. The first-order valence-electron chi connectivity index (χ1n) is 7.27. The molecule has 0 saturated carbocycles. The molecule has 5 heteroatoms. The molecule has 0 unspecified atom stereocenters. The van der Waals surface area contributed by atoms with E-state index in [1.54, 1.807) is 0 Å². The second kappa shape index (κ2) is 7.80. The van der Waals surface area contributed by atoms with Crippen LogP contribution in [0, 0.1) is 0 Å². The van der Waals surface area contributed by atoms with Crippen LogP contribution in [-0.4, -0.2) is 41.0 Å². The van der Waals surface area contributed by atoms with Crippen molar-refractivity contribution in [2.45, 2.75) is 39.0 Å². The van der Waals surface area contributed by atoms with Crippen molar-refractivity contribution in [2.24, 2.45) is 0 Å². The first kappa shape index (κ1) is 14.7. The van der Waals surface area contributed by atoms with Gasteiger partial charge in [-0.15, -0.1) is 0 Å². The lowest BCUT2D eigenvalue weighted by Crippen LogP contribution is -2.33. The molecule has 0 aliphatic carbocycles. The maximum Gasteiger partial charge on any atom is 0.132 e. The molecule has 0 amide bonds. The number of aromatic nitrogens is 2. The Labute approximate surface area is 124 Å². The summed E-state index contributed by atoms with van der Waals surface area (Å²) in [6.07, 6.45) is 6.09. The molecule has 0 atom stereocenters. The zero-order valence-electron chi connectivity index (χ0n) is 11.7. The molecule has 19 heavy (non-hydrogen) atoms. The topological polar surface area (TPSA) is 41.1 Å². The summed E-state index contributed by atoms with van der Waals surface area (Å²) in [7, 11) is 0. The highest BCUT2D eigenvalue weighted by Crippen LogP contribution is 2.13. The standard InChI is InChI=1S/C14H23BrN4/c1-2-6-13-17-12(15)11-14(18-13)16-7-10-19-8-4-3-5-9-19/h11H,2-10H2,1H3,(H,16,17,18). The fourth-order valence-corrected chi connectivity index (χ4v) is 2.84. The summed E-state index contributed by atoms with van der Waals surface area (Å²) in [5.74, 6) is 1.85. The number of halogens is 1. The van der Waals surface area contributed by atoms with Crippen molar-refractivity contribution < 1.29 is 0 Å². The molecule has 1 aliphatic heterocycles. The Hall–Kier alpha value is -0.680. The molecule has 1 aliphatic rings. The van der Waals surface area contributed by atoms with Gasteiger partial charge in [-0.1, -0.05) is 13.3 Å². The van der Waals surface area contributed by atoms with E-state index in [4.69, 9.17) is 0 Å².